The van der Waals surface area contributed by atoms with Crippen LogP contribution >= 0.6 is 31.9 Å². The number of alkyl halides is 2. The van der Waals surface area contributed by atoms with E-state index in [-0.39, 0.29) is 0 Å². The first-order valence-corrected chi connectivity index (χ1v) is 10.1. The Morgan fingerprint density at radius 3 is 2.30 bits per heavy atom. The first-order valence-electron chi connectivity index (χ1n) is 8.04. The van der Waals surface area contributed by atoms with Gasteiger partial charge in [-0.05, 0) is 55.1 Å². The van der Waals surface area contributed by atoms with Crippen LogP contribution in [-0.4, -0.2) is 5.33 Å². The van der Waals surface area contributed by atoms with Crippen LogP contribution in [0.2, 0.25) is 0 Å². The Kier molecular flexibility index (Phi) is 7.10. The second kappa shape index (κ2) is 8.58. The summed E-state index contributed by atoms with van der Waals surface area (Å²) >= 11 is 7.27. The molecule has 2 rings (SSSR count). The molecule has 0 radical (unpaired) electrons. The summed E-state index contributed by atoms with van der Waals surface area (Å²) in [5, 5.41) is 1.05. The van der Waals surface area contributed by atoms with Gasteiger partial charge < -0.3 is 0 Å². The third kappa shape index (κ3) is 4.59. The van der Waals surface area contributed by atoms with E-state index in [2.05, 4.69) is 63.0 Å². The molecule has 0 amide bonds. The van der Waals surface area contributed by atoms with Crippen LogP contribution in [0.4, 0.5) is 0 Å². The minimum absolute atomic E-state index is 0.483. The van der Waals surface area contributed by atoms with Gasteiger partial charge in [0.15, 0.2) is 0 Å². The highest BCUT2D eigenvalue weighted by molar-refractivity contribution is 9.09. The molecule has 1 aliphatic carbocycles. The van der Waals surface area contributed by atoms with Gasteiger partial charge in [0, 0.05) is 10.2 Å². The molecule has 0 heterocycles. The quantitative estimate of drug-likeness (QED) is 0.451. The van der Waals surface area contributed by atoms with Crippen molar-refractivity contribution in [2.75, 3.05) is 5.33 Å². The molecule has 0 saturated heterocycles. The molecule has 1 atom stereocenters. The smallest absolute Gasteiger partial charge is 0.0403 e. The van der Waals surface area contributed by atoms with Crippen molar-refractivity contribution in [2.45, 2.75) is 62.6 Å². The predicted octanol–water partition coefficient (Wildman–Crippen LogP) is 6.98. The average molecular weight is 402 g/mol. The molecule has 0 aliphatic heterocycles. The van der Waals surface area contributed by atoms with Gasteiger partial charge in [0.05, 0.1) is 0 Å². The summed E-state index contributed by atoms with van der Waals surface area (Å²) in [5.74, 6) is 1.81. The molecule has 0 nitrogen and oxygen atoms in total. The molecule has 2 heteroatoms. The first-order chi connectivity index (χ1) is 9.74. The standard InChI is InChI=1S/C18H26Br2/c1-2-3-14-4-6-15(7-5-14)16-8-10-17(11-9-16)18(20)12-13-19/h8-11,14-15,18H,2-7,12-13H2,1H3. The summed E-state index contributed by atoms with van der Waals surface area (Å²) in [7, 11) is 0. The zero-order chi connectivity index (χ0) is 14.4. The van der Waals surface area contributed by atoms with Gasteiger partial charge >= 0.3 is 0 Å². The highest BCUT2D eigenvalue weighted by atomic mass is 79.9. The monoisotopic (exact) mass is 400 g/mol. The zero-order valence-electron chi connectivity index (χ0n) is 12.5. The Labute approximate surface area is 141 Å². The summed E-state index contributed by atoms with van der Waals surface area (Å²) in [6, 6.07) is 9.36. The van der Waals surface area contributed by atoms with Gasteiger partial charge in [-0.3, -0.25) is 0 Å². The van der Waals surface area contributed by atoms with E-state index in [1.165, 1.54) is 44.1 Å². The summed E-state index contributed by atoms with van der Waals surface area (Å²) in [5.41, 5.74) is 2.97. The normalized spacial score (nSPS) is 24.6. The molecule has 0 N–H and O–H groups in total. The highest BCUT2D eigenvalue weighted by Crippen LogP contribution is 2.38. The van der Waals surface area contributed by atoms with Gasteiger partial charge in [0.2, 0.25) is 0 Å². The van der Waals surface area contributed by atoms with Crippen molar-refractivity contribution in [3.05, 3.63) is 35.4 Å². The van der Waals surface area contributed by atoms with E-state index in [0.29, 0.717) is 4.83 Å². The molecule has 1 aliphatic rings. The van der Waals surface area contributed by atoms with Crippen molar-refractivity contribution in [2.24, 2.45) is 5.92 Å². The van der Waals surface area contributed by atoms with Crippen LogP contribution in [0.3, 0.4) is 0 Å². The van der Waals surface area contributed by atoms with E-state index in [0.717, 1.165) is 23.6 Å². The van der Waals surface area contributed by atoms with Crippen LogP contribution in [0.25, 0.3) is 0 Å². The Morgan fingerprint density at radius 1 is 1.10 bits per heavy atom. The number of hydrogen-bond acceptors (Lipinski definition) is 0. The van der Waals surface area contributed by atoms with Crippen LogP contribution in [0.5, 0.6) is 0 Å². The molecular weight excluding hydrogens is 376 g/mol. The average Bonchev–Trinajstić information content (AvgIpc) is 2.49. The Bertz CT molecular complexity index is 377. The van der Waals surface area contributed by atoms with Crippen LogP contribution in [-0.2, 0) is 0 Å². The molecule has 1 saturated carbocycles. The molecule has 1 aromatic rings. The fourth-order valence-corrected chi connectivity index (χ4v) is 5.04. The maximum atomic E-state index is 3.76. The minimum Gasteiger partial charge on any atom is -0.0928 e. The molecule has 1 aromatic carbocycles. The van der Waals surface area contributed by atoms with Gasteiger partial charge in [-0.15, -0.1) is 0 Å². The van der Waals surface area contributed by atoms with Crippen molar-refractivity contribution in [1.29, 1.82) is 0 Å². The SMILES string of the molecule is CCCC1CCC(c2ccc(C(Br)CCBr)cc2)CC1. The lowest BCUT2D eigenvalue weighted by molar-refractivity contribution is 0.308. The molecule has 0 aromatic heterocycles. The Morgan fingerprint density at radius 2 is 1.75 bits per heavy atom. The number of hydrogen-bond donors (Lipinski definition) is 0. The molecule has 1 fully saturated rings. The van der Waals surface area contributed by atoms with Gasteiger partial charge in [0.1, 0.15) is 0 Å². The summed E-state index contributed by atoms with van der Waals surface area (Å²) < 4.78 is 0. The van der Waals surface area contributed by atoms with E-state index < -0.39 is 0 Å². The van der Waals surface area contributed by atoms with Crippen molar-refractivity contribution < 1.29 is 0 Å². The van der Waals surface area contributed by atoms with Crippen LogP contribution < -0.4 is 0 Å². The predicted molar refractivity (Wildman–Crippen MR) is 96.1 cm³/mol. The van der Waals surface area contributed by atoms with Crippen molar-refractivity contribution >= 4 is 31.9 Å². The fourth-order valence-electron chi connectivity index (χ4n) is 3.43. The van der Waals surface area contributed by atoms with Crippen LogP contribution in [0.15, 0.2) is 24.3 Å². The lowest BCUT2D eigenvalue weighted by Crippen LogP contribution is -2.13. The van der Waals surface area contributed by atoms with Crippen LogP contribution in [0.1, 0.15) is 73.7 Å². The van der Waals surface area contributed by atoms with Crippen molar-refractivity contribution in [3.8, 4) is 0 Å². The van der Waals surface area contributed by atoms with E-state index in [4.69, 9.17) is 0 Å². The number of halogens is 2. The number of benzene rings is 1. The molecule has 0 spiro atoms. The van der Waals surface area contributed by atoms with Gasteiger partial charge in [-0.1, -0.05) is 75.9 Å². The molecular formula is C18H26Br2. The molecule has 112 valence electrons. The van der Waals surface area contributed by atoms with Crippen molar-refractivity contribution in [1.82, 2.24) is 0 Å². The Hall–Kier alpha value is 0.180. The van der Waals surface area contributed by atoms with E-state index in [1.807, 2.05) is 0 Å². The summed E-state index contributed by atoms with van der Waals surface area (Å²) in [4.78, 5) is 0.483. The summed E-state index contributed by atoms with van der Waals surface area (Å²) in [6.45, 7) is 2.31. The van der Waals surface area contributed by atoms with Gasteiger partial charge in [-0.2, -0.15) is 0 Å². The second-order valence-electron chi connectivity index (χ2n) is 6.12. The van der Waals surface area contributed by atoms with Gasteiger partial charge in [0.25, 0.3) is 0 Å². The maximum Gasteiger partial charge on any atom is 0.0403 e. The number of rotatable bonds is 6. The summed E-state index contributed by atoms with van der Waals surface area (Å²) in [6.07, 6.45) is 9.58. The zero-order valence-corrected chi connectivity index (χ0v) is 15.6. The molecule has 0 bridgehead atoms. The third-order valence-corrected chi connectivity index (χ3v) is 6.12. The van der Waals surface area contributed by atoms with Crippen LogP contribution in [0, 0.1) is 5.92 Å². The third-order valence-electron chi connectivity index (χ3n) is 4.68. The van der Waals surface area contributed by atoms with E-state index >= 15 is 0 Å². The Balaban J connectivity index is 1.91. The van der Waals surface area contributed by atoms with E-state index in [1.54, 1.807) is 5.56 Å². The van der Waals surface area contributed by atoms with E-state index in [9.17, 15) is 0 Å². The van der Waals surface area contributed by atoms with Crippen molar-refractivity contribution in [3.63, 3.8) is 0 Å². The second-order valence-corrected chi connectivity index (χ2v) is 8.02. The minimum atomic E-state index is 0.483. The largest absolute Gasteiger partial charge is 0.0928 e. The molecule has 1 unspecified atom stereocenters. The topological polar surface area (TPSA) is 0 Å². The maximum absolute atomic E-state index is 3.76. The highest BCUT2D eigenvalue weighted by Gasteiger charge is 2.21. The first kappa shape index (κ1) is 16.5. The molecule has 20 heavy (non-hydrogen) atoms. The van der Waals surface area contributed by atoms with Gasteiger partial charge in [-0.25, -0.2) is 0 Å². The fraction of sp³-hybridized carbons (Fsp3) is 0.667. The lowest BCUT2D eigenvalue weighted by Gasteiger charge is -2.28. The lowest BCUT2D eigenvalue weighted by atomic mass is 9.77.